The van der Waals surface area contributed by atoms with Crippen molar-refractivity contribution >= 4 is 23.2 Å². The Hall–Kier alpha value is -3.23. The molecule has 1 aliphatic heterocycles. The quantitative estimate of drug-likeness (QED) is 0.557. The van der Waals surface area contributed by atoms with Crippen molar-refractivity contribution < 1.29 is 32.2 Å². The van der Waals surface area contributed by atoms with Crippen LogP contribution >= 0.6 is 0 Å². The minimum atomic E-state index is -4.67. The molecule has 1 fully saturated rings. The molecule has 1 aliphatic rings. The largest absolute Gasteiger partial charge is 0.497 e. The number of rotatable bonds is 8. The molecule has 6 nitrogen and oxygen atoms in total. The standard InChI is InChI=1S/C23H25F3N2O4/c1-3-4-10-32-20-8-7-18(31-2)14-19(20)27-22(30)15-11-16(23(24,25)26)13-17(12-15)28-9-5-6-21(28)29/h7-8,11-14H,3-6,9-10H2,1-2H3,(H,27,30). The van der Waals surface area contributed by atoms with Gasteiger partial charge < -0.3 is 19.7 Å². The zero-order valence-corrected chi connectivity index (χ0v) is 17.9. The van der Waals surface area contributed by atoms with Crippen molar-refractivity contribution in [1.82, 2.24) is 0 Å². The van der Waals surface area contributed by atoms with E-state index in [0.717, 1.165) is 25.0 Å². The fraction of sp³-hybridized carbons (Fsp3) is 0.391. The number of amides is 2. The van der Waals surface area contributed by atoms with Gasteiger partial charge in [0.25, 0.3) is 5.91 Å². The van der Waals surface area contributed by atoms with Gasteiger partial charge in [-0.1, -0.05) is 13.3 Å². The average Bonchev–Trinajstić information content (AvgIpc) is 3.19. The van der Waals surface area contributed by atoms with Crippen LogP contribution in [-0.2, 0) is 11.0 Å². The molecule has 0 aromatic heterocycles. The van der Waals surface area contributed by atoms with Crippen LogP contribution in [0.2, 0.25) is 0 Å². The fourth-order valence-corrected chi connectivity index (χ4v) is 3.36. The minimum Gasteiger partial charge on any atom is -0.497 e. The Morgan fingerprint density at radius 3 is 2.59 bits per heavy atom. The number of unbranched alkanes of at least 4 members (excludes halogenated alkanes) is 1. The molecule has 3 rings (SSSR count). The summed E-state index contributed by atoms with van der Waals surface area (Å²) in [5.74, 6) is -0.183. The Morgan fingerprint density at radius 2 is 1.97 bits per heavy atom. The van der Waals surface area contributed by atoms with Crippen LogP contribution in [-0.4, -0.2) is 32.1 Å². The van der Waals surface area contributed by atoms with Gasteiger partial charge in [0.15, 0.2) is 0 Å². The highest BCUT2D eigenvalue weighted by Gasteiger charge is 2.33. The molecule has 0 radical (unpaired) electrons. The van der Waals surface area contributed by atoms with Gasteiger partial charge in [-0.3, -0.25) is 9.59 Å². The lowest BCUT2D eigenvalue weighted by Gasteiger charge is -2.19. The van der Waals surface area contributed by atoms with Crippen molar-refractivity contribution in [2.45, 2.75) is 38.8 Å². The van der Waals surface area contributed by atoms with Gasteiger partial charge in [0, 0.05) is 30.3 Å². The second kappa shape index (κ2) is 9.93. The molecule has 0 atom stereocenters. The van der Waals surface area contributed by atoms with E-state index in [1.165, 1.54) is 24.1 Å². The third-order valence-electron chi connectivity index (χ3n) is 5.08. The SMILES string of the molecule is CCCCOc1ccc(OC)cc1NC(=O)c1cc(N2CCCC2=O)cc(C(F)(F)F)c1. The van der Waals surface area contributed by atoms with Gasteiger partial charge in [0.05, 0.1) is 25.0 Å². The normalized spacial score (nSPS) is 13.9. The first-order valence-electron chi connectivity index (χ1n) is 10.4. The van der Waals surface area contributed by atoms with Crippen LogP contribution in [0.15, 0.2) is 36.4 Å². The summed E-state index contributed by atoms with van der Waals surface area (Å²) in [5.41, 5.74) is -0.874. The Bertz CT molecular complexity index is 992. The molecule has 2 amide bonds. The Balaban J connectivity index is 1.94. The van der Waals surface area contributed by atoms with Gasteiger partial charge in [-0.2, -0.15) is 13.2 Å². The molecule has 2 aromatic carbocycles. The number of hydrogen-bond acceptors (Lipinski definition) is 4. The summed E-state index contributed by atoms with van der Waals surface area (Å²) in [7, 11) is 1.46. The number of alkyl halides is 3. The summed E-state index contributed by atoms with van der Waals surface area (Å²) in [6, 6.07) is 7.80. The van der Waals surface area contributed by atoms with E-state index >= 15 is 0 Å². The topological polar surface area (TPSA) is 67.9 Å². The molecule has 32 heavy (non-hydrogen) atoms. The lowest BCUT2D eigenvalue weighted by Crippen LogP contribution is -2.25. The monoisotopic (exact) mass is 450 g/mol. The number of anilines is 2. The maximum Gasteiger partial charge on any atom is 0.416 e. The van der Waals surface area contributed by atoms with Gasteiger partial charge in [-0.05, 0) is 43.2 Å². The molecule has 0 aliphatic carbocycles. The Kier molecular flexibility index (Phi) is 7.27. The number of methoxy groups -OCH3 is 1. The van der Waals surface area contributed by atoms with E-state index in [1.54, 1.807) is 12.1 Å². The second-order valence-electron chi connectivity index (χ2n) is 7.43. The van der Waals surface area contributed by atoms with E-state index < -0.39 is 17.6 Å². The predicted octanol–water partition coefficient (Wildman–Crippen LogP) is 5.27. The number of carbonyl (C=O) groups is 2. The zero-order valence-electron chi connectivity index (χ0n) is 17.9. The molecule has 0 unspecified atom stereocenters. The van der Waals surface area contributed by atoms with E-state index in [4.69, 9.17) is 9.47 Å². The molecule has 0 spiro atoms. The summed E-state index contributed by atoms with van der Waals surface area (Å²) >= 11 is 0. The van der Waals surface area contributed by atoms with Crippen LogP contribution in [0.1, 0.15) is 48.5 Å². The number of ether oxygens (including phenoxy) is 2. The Morgan fingerprint density at radius 1 is 1.19 bits per heavy atom. The molecule has 2 aromatic rings. The van der Waals surface area contributed by atoms with Crippen LogP contribution in [0.4, 0.5) is 24.5 Å². The van der Waals surface area contributed by atoms with E-state index in [-0.39, 0.29) is 29.3 Å². The van der Waals surface area contributed by atoms with Crippen LogP contribution in [0, 0.1) is 0 Å². The van der Waals surface area contributed by atoms with Crippen LogP contribution in [0.5, 0.6) is 11.5 Å². The van der Waals surface area contributed by atoms with Crippen molar-refractivity contribution in [3.63, 3.8) is 0 Å². The first-order chi connectivity index (χ1) is 15.2. The maximum atomic E-state index is 13.5. The van der Waals surface area contributed by atoms with E-state index in [0.29, 0.717) is 31.1 Å². The summed E-state index contributed by atoms with van der Waals surface area (Å²) in [4.78, 5) is 26.3. The van der Waals surface area contributed by atoms with E-state index in [9.17, 15) is 22.8 Å². The molecule has 0 bridgehead atoms. The van der Waals surface area contributed by atoms with E-state index in [1.807, 2.05) is 6.92 Å². The molecule has 1 N–H and O–H groups in total. The smallest absolute Gasteiger partial charge is 0.416 e. The number of carbonyl (C=O) groups excluding carboxylic acids is 2. The summed E-state index contributed by atoms with van der Waals surface area (Å²) in [6.07, 6.45) is -2.13. The van der Waals surface area contributed by atoms with Crippen LogP contribution in [0.25, 0.3) is 0 Å². The van der Waals surface area contributed by atoms with Crippen molar-refractivity contribution in [2.24, 2.45) is 0 Å². The average molecular weight is 450 g/mol. The molecule has 1 saturated heterocycles. The highest BCUT2D eigenvalue weighted by Crippen LogP contribution is 2.35. The lowest BCUT2D eigenvalue weighted by molar-refractivity contribution is -0.137. The zero-order chi connectivity index (χ0) is 23.3. The molecule has 9 heteroatoms. The first kappa shape index (κ1) is 23.4. The molecular weight excluding hydrogens is 425 g/mol. The number of nitrogens with one attached hydrogen (secondary N) is 1. The highest BCUT2D eigenvalue weighted by molar-refractivity contribution is 6.06. The van der Waals surface area contributed by atoms with Gasteiger partial charge in [0.1, 0.15) is 11.5 Å². The molecule has 172 valence electrons. The second-order valence-corrected chi connectivity index (χ2v) is 7.43. The summed E-state index contributed by atoms with van der Waals surface area (Å²) < 4.78 is 51.4. The van der Waals surface area contributed by atoms with Gasteiger partial charge in [-0.15, -0.1) is 0 Å². The van der Waals surface area contributed by atoms with Crippen LogP contribution < -0.4 is 19.7 Å². The number of halogens is 3. The molecule has 1 heterocycles. The van der Waals surface area contributed by atoms with Gasteiger partial charge in [0.2, 0.25) is 5.91 Å². The van der Waals surface area contributed by atoms with Crippen molar-refractivity contribution in [2.75, 3.05) is 30.5 Å². The molecular formula is C23H25F3N2O4. The van der Waals surface area contributed by atoms with Gasteiger partial charge in [-0.25, -0.2) is 0 Å². The first-order valence-corrected chi connectivity index (χ1v) is 10.4. The third kappa shape index (κ3) is 5.52. The number of hydrogen-bond donors (Lipinski definition) is 1. The third-order valence-corrected chi connectivity index (χ3v) is 5.08. The number of nitrogens with zero attached hydrogens (tertiary/aromatic N) is 1. The van der Waals surface area contributed by atoms with E-state index in [2.05, 4.69) is 5.32 Å². The van der Waals surface area contributed by atoms with Crippen molar-refractivity contribution in [3.8, 4) is 11.5 Å². The summed E-state index contributed by atoms with van der Waals surface area (Å²) in [6.45, 7) is 2.75. The van der Waals surface area contributed by atoms with Crippen molar-refractivity contribution in [3.05, 3.63) is 47.5 Å². The van der Waals surface area contributed by atoms with Crippen molar-refractivity contribution in [1.29, 1.82) is 0 Å². The maximum absolute atomic E-state index is 13.5. The minimum absolute atomic E-state index is 0.0533. The fourth-order valence-electron chi connectivity index (χ4n) is 3.36. The van der Waals surface area contributed by atoms with Crippen LogP contribution in [0.3, 0.4) is 0 Å². The Labute approximate surface area is 184 Å². The molecule has 0 saturated carbocycles. The highest BCUT2D eigenvalue weighted by atomic mass is 19.4. The predicted molar refractivity (Wildman–Crippen MR) is 114 cm³/mol. The number of benzene rings is 2. The van der Waals surface area contributed by atoms with Gasteiger partial charge >= 0.3 is 6.18 Å². The summed E-state index contributed by atoms with van der Waals surface area (Å²) in [5, 5.41) is 2.62. The lowest BCUT2D eigenvalue weighted by atomic mass is 10.1.